The van der Waals surface area contributed by atoms with Crippen LogP contribution in [0.2, 0.25) is 0 Å². The van der Waals surface area contributed by atoms with Gasteiger partial charge in [-0.25, -0.2) is 0 Å². The summed E-state index contributed by atoms with van der Waals surface area (Å²) in [6.45, 7) is 11.5. The normalized spacial score (nSPS) is 15.1. The number of rotatable bonds is 8. The highest BCUT2D eigenvalue weighted by molar-refractivity contribution is 4.96. The van der Waals surface area contributed by atoms with Gasteiger partial charge in [-0.2, -0.15) is 0 Å². The molecule has 0 heterocycles. The molecule has 14 heavy (non-hydrogen) atoms. The van der Waals surface area contributed by atoms with Crippen LogP contribution >= 0.6 is 0 Å². The topological polar surface area (TPSA) is 21.3 Å². The van der Waals surface area contributed by atoms with Crippen molar-refractivity contribution in [3.05, 3.63) is 12.2 Å². The minimum atomic E-state index is 0.323. The molecule has 0 amide bonds. The van der Waals surface area contributed by atoms with E-state index in [4.69, 9.17) is 4.74 Å². The average molecular weight is 199 g/mol. The Bertz CT molecular complexity index is 156. The molecule has 2 nitrogen and oxygen atoms in total. The van der Waals surface area contributed by atoms with Crippen molar-refractivity contribution in [2.24, 2.45) is 0 Å². The summed E-state index contributed by atoms with van der Waals surface area (Å²) < 4.78 is 5.27. The number of methoxy groups -OCH3 is 1. The lowest BCUT2D eigenvalue weighted by Crippen LogP contribution is -2.32. The van der Waals surface area contributed by atoms with E-state index < -0.39 is 0 Å². The zero-order chi connectivity index (χ0) is 11.0. The summed E-state index contributed by atoms with van der Waals surface area (Å²) in [7, 11) is 1.77. The molecule has 1 N–H and O–H groups in total. The minimum Gasteiger partial charge on any atom is -0.382 e. The van der Waals surface area contributed by atoms with Crippen molar-refractivity contribution in [1.29, 1.82) is 0 Å². The third-order valence-corrected chi connectivity index (χ3v) is 2.55. The molecule has 0 aliphatic heterocycles. The lowest BCUT2D eigenvalue weighted by molar-refractivity contribution is 0.100. The van der Waals surface area contributed by atoms with Crippen molar-refractivity contribution >= 4 is 0 Å². The van der Waals surface area contributed by atoms with Gasteiger partial charge in [-0.1, -0.05) is 26.0 Å². The van der Waals surface area contributed by atoms with Crippen molar-refractivity contribution < 1.29 is 4.74 Å². The molecule has 2 heteroatoms. The minimum absolute atomic E-state index is 0.323. The van der Waals surface area contributed by atoms with E-state index in [-0.39, 0.29) is 0 Å². The Hall–Kier alpha value is -0.340. The Morgan fingerprint density at radius 1 is 1.43 bits per heavy atom. The number of nitrogens with one attached hydrogen (secondary N) is 1. The van der Waals surface area contributed by atoms with E-state index in [1.165, 1.54) is 5.57 Å². The average Bonchev–Trinajstić information content (AvgIpc) is 2.17. The summed E-state index contributed by atoms with van der Waals surface area (Å²) in [6.07, 6.45) is 3.52. The van der Waals surface area contributed by atoms with Gasteiger partial charge < -0.3 is 10.1 Å². The monoisotopic (exact) mass is 199 g/mol. The smallest absolute Gasteiger partial charge is 0.0558 e. The highest BCUT2D eigenvalue weighted by Gasteiger charge is 2.12. The fourth-order valence-electron chi connectivity index (χ4n) is 1.52. The molecule has 0 aromatic rings. The lowest BCUT2D eigenvalue weighted by Gasteiger charge is -2.21. The fraction of sp³-hybridized carbons (Fsp3) is 0.833. The molecule has 0 aliphatic carbocycles. The molecule has 0 bridgehead atoms. The quantitative estimate of drug-likeness (QED) is 0.607. The largest absolute Gasteiger partial charge is 0.382 e. The van der Waals surface area contributed by atoms with Crippen LogP contribution in [-0.4, -0.2) is 25.8 Å². The number of hydrogen-bond donors (Lipinski definition) is 1. The van der Waals surface area contributed by atoms with Crippen molar-refractivity contribution in [2.45, 2.75) is 52.2 Å². The van der Waals surface area contributed by atoms with Crippen LogP contribution in [0.4, 0.5) is 0 Å². The molecule has 0 fully saturated rings. The van der Waals surface area contributed by atoms with Crippen molar-refractivity contribution in [3.8, 4) is 0 Å². The molecule has 2 unspecified atom stereocenters. The van der Waals surface area contributed by atoms with Gasteiger partial charge in [-0.05, 0) is 32.7 Å². The summed E-state index contributed by atoms with van der Waals surface area (Å²) in [5.74, 6) is 0. The van der Waals surface area contributed by atoms with Crippen LogP contribution in [0.3, 0.4) is 0 Å². The van der Waals surface area contributed by atoms with Crippen LogP contribution in [0.15, 0.2) is 12.2 Å². The second-order valence-electron chi connectivity index (χ2n) is 3.84. The Labute approximate surface area is 88.7 Å². The molecule has 0 aromatic carbocycles. The van der Waals surface area contributed by atoms with Gasteiger partial charge in [0, 0.05) is 13.2 Å². The summed E-state index contributed by atoms with van der Waals surface area (Å²) in [6, 6.07) is 0.516. The summed E-state index contributed by atoms with van der Waals surface area (Å²) in [5.41, 5.74) is 1.32. The van der Waals surface area contributed by atoms with Crippen LogP contribution in [0.25, 0.3) is 0 Å². The first-order valence-corrected chi connectivity index (χ1v) is 5.56. The molecule has 0 aromatic heterocycles. The third kappa shape index (κ3) is 6.17. The first-order chi connectivity index (χ1) is 6.63. The summed E-state index contributed by atoms with van der Waals surface area (Å²) >= 11 is 0. The maximum atomic E-state index is 5.27. The Morgan fingerprint density at radius 2 is 2.07 bits per heavy atom. The van der Waals surface area contributed by atoms with Crippen molar-refractivity contribution in [3.63, 3.8) is 0 Å². The molecule has 0 aliphatic rings. The Balaban J connectivity index is 3.94. The number of ether oxygens (including phenoxy) is 1. The van der Waals surface area contributed by atoms with E-state index in [2.05, 4.69) is 32.7 Å². The fourth-order valence-corrected chi connectivity index (χ4v) is 1.52. The van der Waals surface area contributed by atoms with E-state index in [0.29, 0.717) is 12.1 Å². The predicted molar refractivity (Wildman–Crippen MR) is 62.6 cm³/mol. The molecule has 2 atom stereocenters. The molecule has 0 saturated carbocycles. The first kappa shape index (κ1) is 13.7. The van der Waals surface area contributed by atoms with Crippen molar-refractivity contribution in [2.75, 3.05) is 13.7 Å². The van der Waals surface area contributed by atoms with E-state index in [9.17, 15) is 0 Å². The van der Waals surface area contributed by atoms with E-state index >= 15 is 0 Å². The van der Waals surface area contributed by atoms with Crippen LogP contribution in [-0.2, 0) is 4.74 Å². The summed E-state index contributed by atoms with van der Waals surface area (Å²) in [5, 5.41) is 3.47. The van der Waals surface area contributed by atoms with Gasteiger partial charge in [0.25, 0.3) is 0 Å². The second kappa shape index (κ2) is 8.01. The van der Waals surface area contributed by atoms with Gasteiger partial charge in [0.2, 0.25) is 0 Å². The second-order valence-corrected chi connectivity index (χ2v) is 3.84. The Morgan fingerprint density at radius 3 is 2.50 bits per heavy atom. The van der Waals surface area contributed by atoms with Crippen LogP contribution < -0.4 is 5.32 Å². The van der Waals surface area contributed by atoms with Gasteiger partial charge in [0.15, 0.2) is 0 Å². The zero-order valence-corrected chi connectivity index (χ0v) is 10.1. The standard InChI is InChI=1S/C12H25NO/c1-6-10(3)8-12(13-7-2)9-11(4)14-5/h11-13H,3,6-9H2,1-2,4-5H3. The highest BCUT2D eigenvalue weighted by Crippen LogP contribution is 2.12. The van der Waals surface area contributed by atoms with Crippen LogP contribution in [0, 0.1) is 0 Å². The van der Waals surface area contributed by atoms with Crippen LogP contribution in [0.1, 0.15) is 40.0 Å². The van der Waals surface area contributed by atoms with Gasteiger partial charge in [0.1, 0.15) is 0 Å². The number of hydrogen-bond acceptors (Lipinski definition) is 2. The maximum Gasteiger partial charge on any atom is 0.0558 e. The molecule has 84 valence electrons. The maximum absolute atomic E-state index is 5.27. The molecule has 0 radical (unpaired) electrons. The van der Waals surface area contributed by atoms with E-state index in [1.54, 1.807) is 7.11 Å². The van der Waals surface area contributed by atoms with Gasteiger partial charge >= 0.3 is 0 Å². The molecule has 0 rings (SSSR count). The molecule has 0 saturated heterocycles. The van der Waals surface area contributed by atoms with Gasteiger partial charge in [0.05, 0.1) is 6.10 Å². The molecular weight excluding hydrogens is 174 g/mol. The van der Waals surface area contributed by atoms with Gasteiger partial charge in [-0.3, -0.25) is 0 Å². The first-order valence-electron chi connectivity index (χ1n) is 5.56. The Kier molecular flexibility index (Phi) is 7.81. The van der Waals surface area contributed by atoms with Gasteiger partial charge in [-0.15, -0.1) is 0 Å². The predicted octanol–water partition coefficient (Wildman–Crippen LogP) is 2.75. The molecular formula is C12H25NO. The van der Waals surface area contributed by atoms with Crippen molar-refractivity contribution in [1.82, 2.24) is 5.32 Å². The van der Waals surface area contributed by atoms with Crippen LogP contribution in [0.5, 0.6) is 0 Å². The third-order valence-electron chi connectivity index (χ3n) is 2.55. The van der Waals surface area contributed by atoms with E-state index in [0.717, 1.165) is 25.8 Å². The van der Waals surface area contributed by atoms with E-state index in [1.807, 2.05) is 0 Å². The molecule has 0 spiro atoms. The highest BCUT2D eigenvalue weighted by atomic mass is 16.5. The summed E-state index contributed by atoms with van der Waals surface area (Å²) in [4.78, 5) is 0. The zero-order valence-electron chi connectivity index (χ0n) is 10.1. The lowest BCUT2D eigenvalue weighted by atomic mass is 10.0. The SMILES string of the molecule is C=C(CC)CC(CC(C)OC)NCC.